The van der Waals surface area contributed by atoms with Gasteiger partial charge in [-0.05, 0) is 38.3 Å². The number of carbonyl (C=O) groups is 2. The molecule has 1 aromatic carbocycles. The summed E-state index contributed by atoms with van der Waals surface area (Å²) in [6.07, 6.45) is 4.39. The van der Waals surface area contributed by atoms with Crippen LogP contribution in [-0.2, 0) is 20.7 Å². The first-order chi connectivity index (χ1) is 10.8. The number of esters is 1. The van der Waals surface area contributed by atoms with Gasteiger partial charge in [0.25, 0.3) is 0 Å². The summed E-state index contributed by atoms with van der Waals surface area (Å²) in [5.41, 5.74) is 1.39. The number of amides is 1. The number of benzene rings is 1. The van der Waals surface area contributed by atoms with E-state index in [1.165, 1.54) is 7.11 Å². The molecule has 5 nitrogen and oxygen atoms in total. The third-order valence-electron chi connectivity index (χ3n) is 2.89. The minimum absolute atomic E-state index is 0.243. The molecule has 0 aliphatic carbocycles. The van der Waals surface area contributed by atoms with Crippen molar-refractivity contribution in [2.45, 2.75) is 39.2 Å². The van der Waals surface area contributed by atoms with Crippen LogP contribution in [0.5, 0.6) is 0 Å². The van der Waals surface area contributed by atoms with Crippen molar-refractivity contribution >= 4 is 18.1 Å². The first kappa shape index (κ1) is 18.7. The van der Waals surface area contributed by atoms with Crippen molar-refractivity contribution in [3.8, 4) is 0 Å². The zero-order valence-electron chi connectivity index (χ0n) is 14.2. The molecule has 23 heavy (non-hydrogen) atoms. The molecule has 0 aromatic heterocycles. The number of carbonyl (C=O) groups excluding carboxylic acids is 2. The van der Waals surface area contributed by atoms with Crippen LogP contribution in [0.2, 0.25) is 0 Å². The zero-order valence-corrected chi connectivity index (χ0v) is 14.2. The van der Waals surface area contributed by atoms with Crippen LogP contribution in [0.3, 0.4) is 0 Å². The van der Waals surface area contributed by atoms with Gasteiger partial charge in [-0.2, -0.15) is 0 Å². The van der Waals surface area contributed by atoms with Gasteiger partial charge in [-0.1, -0.05) is 36.4 Å². The van der Waals surface area contributed by atoms with Gasteiger partial charge in [0.15, 0.2) is 0 Å². The molecule has 0 radical (unpaired) electrons. The smallest absolute Gasteiger partial charge is 0.407 e. The van der Waals surface area contributed by atoms with Gasteiger partial charge < -0.3 is 14.8 Å². The Kier molecular flexibility index (Phi) is 7.32. The van der Waals surface area contributed by atoms with E-state index < -0.39 is 11.7 Å². The Balaban J connectivity index is 2.46. The monoisotopic (exact) mass is 319 g/mol. The van der Waals surface area contributed by atoms with Crippen molar-refractivity contribution in [3.05, 3.63) is 41.5 Å². The highest BCUT2D eigenvalue weighted by atomic mass is 16.6. The average molecular weight is 319 g/mol. The second kappa shape index (κ2) is 8.98. The van der Waals surface area contributed by atoms with Crippen LogP contribution in [0.4, 0.5) is 4.79 Å². The largest absolute Gasteiger partial charge is 0.469 e. The molecule has 1 rings (SSSR count). The van der Waals surface area contributed by atoms with Gasteiger partial charge in [0.05, 0.1) is 13.5 Å². The Morgan fingerprint density at radius 2 is 1.91 bits per heavy atom. The van der Waals surface area contributed by atoms with Crippen molar-refractivity contribution in [1.82, 2.24) is 5.32 Å². The van der Waals surface area contributed by atoms with Crippen LogP contribution in [-0.4, -0.2) is 31.3 Å². The summed E-state index contributed by atoms with van der Waals surface area (Å²) in [6.45, 7) is 5.96. The van der Waals surface area contributed by atoms with Crippen molar-refractivity contribution in [3.63, 3.8) is 0 Å². The van der Waals surface area contributed by atoms with E-state index in [0.29, 0.717) is 13.0 Å². The molecule has 0 saturated carbocycles. The van der Waals surface area contributed by atoms with Gasteiger partial charge in [0, 0.05) is 6.54 Å². The maximum Gasteiger partial charge on any atom is 0.407 e. The Morgan fingerprint density at radius 3 is 2.57 bits per heavy atom. The topological polar surface area (TPSA) is 64.6 Å². The predicted molar refractivity (Wildman–Crippen MR) is 90.0 cm³/mol. The van der Waals surface area contributed by atoms with E-state index in [9.17, 15) is 9.59 Å². The molecule has 0 aliphatic rings. The minimum Gasteiger partial charge on any atom is -0.469 e. The van der Waals surface area contributed by atoms with Crippen LogP contribution >= 0.6 is 0 Å². The zero-order chi connectivity index (χ0) is 17.3. The molecule has 1 N–H and O–H groups in total. The Bertz CT molecular complexity index is 558. The molecule has 0 spiro atoms. The average Bonchev–Trinajstić information content (AvgIpc) is 2.46. The SMILES string of the molecule is COC(=O)Cc1ccccc1C=CCCNC(=O)OC(C)(C)C. The van der Waals surface area contributed by atoms with E-state index in [4.69, 9.17) is 9.47 Å². The normalized spacial score (nSPS) is 11.3. The molecule has 0 fully saturated rings. The highest BCUT2D eigenvalue weighted by molar-refractivity contribution is 5.74. The third-order valence-corrected chi connectivity index (χ3v) is 2.89. The Hall–Kier alpha value is -2.30. The van der Waals surface area contributed by atoms with Crippen LogP contribution in [0.25, 0.3) is 6.08 Å². The van der Waals surface area contributed by atoms with E-state index in [-0.39, 0.29) is 12.4 Å². The van der Waals surface area contributed by atoms with Gasteiger partial charge >= 0.3 is 12.1 Å². The maximum absolute atomic E-state index is 11.5. The van der Waals surface area contributed by atoms with E-state index in [1.807, 2.05) is 57.2 Å². The third kappa shape index (κ3) is 8.04. The number of methoxy groups -OCH3 is 1. The van der Waals surface area contributed by atoms with E-state index in [0.717, 1.165) is 11.1 Å². The summed E-state index contributed by atoms with van der Waals surface area (Å²) in [5.74, 6) is -0.266. The number of nitrogens with one attached hydrogen (secondary N) is 1. The van der Waals surface area contributed by atoms with Crippen LogP contribution in [0, 0.1) is 0 Å². The van der Waals surface area contributed by atoms with Crippen molar-refractivity contribution < 1.29 is 19.1 Å². The molecule has 0 bridgehead atoms. The molecule has 126 valence electrons. The van der Waals surface area contributed by atoms with Crippen molar-refractivity contribution in [2.75, 3.05) is 13.7 Å². The lowest BCUT2D eigenvalue weighted by atomic mass is 10.0. The summed E-state index contributed by atoms with van der Waals surface area (Å²) in [4.78, 5) is 22.9. The summed E-state index contributed by atoms with van der Waals surface area (Å²) in [7, 11) is 1.38. The summed E-state index contributed by atoms with van der Waals surface area (Å²) < 4.78 is 9.85. The van der Waals surface area contributed by atoms with Gasteiger partial charge in [-0.25, -0.2) is 4.79 Å². The highest BCUT2D eigenvalue weighted by Gasteiger charge is 2.15. The number of rotatable bonds is 6. The Labute approximate surface area is 137 Å². The Morgan fingerprint density at radius 1 is 1.22 bits per heavy atom. The van der Waals surface area contributed by atoms with Crippen LogP contribution in [0.1, 0.15) is 38.3 Å². The van der Waals surface area contributed by atoms with E-state index in [1.54, 1.807) is 0 Å². The maximum atomic E-state index is 11.5. The van der Waals surface area contributed by atoms with Gasteiger partial charge in [0.1, 0.15) is 5.60 Å². The van der Waals surface area contributed by atoms with Gasteiger partial charge in [-0.15, -0.1) is 0 Å². The van der Waals surface area contributed by atoms with E-state index >= 15 is 0 Å². The molecule has 5 heteroatoms. The fraction of sp³-hybridized carbons (Fsp3) is 0.444. The lowest BCUT2D eigenvalue weighted by Crippen LogP contribution is -2.32. The fourth-order valence-electron chi connectivity index (χ4n) is 1.87. The fourth-order valence-corrected chi connectivity index (χ4v) is 1.87. The number of alkyl carbamates (subject to hydrolysis) is 1. The van der Waals surface area contributed by atoms with Crippen molar-refractivity contribution in [2.24, 2.45) is 0 Å². The molecule has 1 amide bonds. The summed E-state index contributed by atoms with van der Waals surface area (Å²) >= 11 is 0. The number of ether oxygens (including phenoxy) is 2. The molecule has 0 unspecified atom stereocenters. The quantitative estimate of drug-likeness (QED) is 0.645. The lowest BCUT2D eigenvalue weighted by molar-refractivity contribution is -0.139. The minimum atomic E-state index is -0.493. The van der Waals surface area contributed by atoms with Gasteiger partial charge in [0.2, 0.25) is 0 Å². The molecule has 1 aromatic rings. The standard InChI is InChI=1S/C18H25NO4/c1-18(2,3)23-17(21)19-12-8-7-10-14-9-5-6-11-15(14)13-16(20)22-4/h5-7,9-11H,8,12-13H2,1-4H3,(H,19,21). The first-order valence-electron chi connectivity index (χ1n) is 7.60. The predicted octanol–water partition coefficient (Wildman–Crippen LogP) is 3.33. The molecule has 0 saturated heterocycles. The number of hydrogen-bond acceptors (Lipinski definition) is 4. The van der Waals surface area contributed by atoms with Crippen LogP contribution in [0.15, 0.2) is 30.3 Å². The van der Waals surface area contributed by atoms with E-state index in [2.05, 4.69) is 5.32 Å². The molecule has 0 atom stereocenters. The van der Waals surface area contributed by atoms with Crippen LogP contribution < -0.4 is 5.32 Å². The van der Waals surface area contributed by atoms with Crippen molar-refractivity contribution in [1.29, 1.82) is 0 Å². The summed E-state index contributed by atoms with van der Waals surface area (Å²) in [6, 6.07) is 7.64. The molecule has 0 aliphatic heterocycles. The second-order valence-corrected chi connectivity index (χ2v) is 6.07. The first-order valence-corrected chi connectivity index (χ1v) is 7.60. The molecular weight excluding hydrogens is 294 g/mol. The van der Waals surface area contributed by atoms with Gasteiger partial charge in [-0.3, -0.25) is 4.79 Å². The second-order valence-electron chi connectivity index (χ2n) is 6.07. The summed E-state index contributed by atoms with van der Waals surface area (Å²) in [5, 5.41) is 2.69. The molecule has 0 heterocycles. The lowest BCUT2D eigenvalue weighted by Gasteiger charge is -2.19. The molecular formula is C18H25NO4. The number of hydrogen-bond donors (Lipinski definition) is 1. The highest BCUT2D eigenvalue weighted by Crippen LogP contribution is 2.12.